The molecule has 1 rings (SSSR count). The second kappa shape index (κ2) is 37.9. The van der Waals surface area contributed by atoms with Crippen LogP contribution in [0.1, 0.15) is 127 Å². The molecule has 1 aromatic carbocycles. The largest absolute Gasteiger partial charge is 0.480 e. The minimum Gasteiger partial charge on any atom is -0.480 e. The van der Waals surface area contributed by atoms with E-state index in [1.165, 1.54) is 26.8 Å². The van der Waals surface area contributed by atoms with Crippen LogP contribution in [0.4, 0.5) is 5.69 Å². The maximum atomic E-state index is 16.2. The van der Waals surface area contributed by atoms with E-state index >= 15 is 24.0 Å². The van der Waals surface area contributed by atoms with Gasteiger partial charge in [0.1, 0.15) is 42.3 Å². The molecule has 1 aromatic rings. The standard InChI is InChI=1S/C58H100N16O16/c1-12-31(10)44(52(85)73-45(32(11)76)51(84)67-25-42(78)68-38(23-41(62)77)50(83)70-40(26-75)55(88)89)72-49(82)37(17-14-18-66-57(64)65)71-56(90)58(24-29(6)7,47(80)35(60)22-33-15-13-16-34(59)21-33)74(54(87)43(63)46(79)30(8)9)53(86)39(20-28(4)5)69-48(81)36(61)19-27(2)3/h13,15-16,21,27-32,35-40,43-46,75-76,79H,12,14,17-20,22-26,59-61,63H2,1-11H3,(H2,62,77)(H,67,84)(H,68,78)(H,69,81)(H,70,83)(H,71,90)(H,72,82)(H,73,85)(H,88,89)(H4,64,65,66)/t31?,32?,35-,36+,37+,38-,39-,40-,43-,44-,45-,46+,58+/m0/s1. The molecule has 32 nitrogen and oxygen atoms in total. The molecule has 0 aromatic heterocycles. The average molecular weight is 1280 g/mol. The summed E-state index contributed by atoms with van der Waals surface area (Å²) in [6.07, 6.45) is -5.78. The number of ketones is 1. The van der Waals surface area contributed by atoms with Gasteiger partial charge in [0.05, 0.1) is 43.9 Å². The van der Waals surface area contributed by atoms with Crippen LogP contribution in [0.15, 0.2) is 24.3 Å². The van der Waals surface area contributed by atoms with Crippen molar-refractivity contribution in [3.63, 3.8) is 0 Å². The van der Waals surface area contributed by atoms with Crippen molar-refractivity contribution in [3.8, 4) is 0 Å². The third-order valence-electron chi connectivity index (χ3n) is 14.5. The lowest BCUT2D eigenvalue weighted by Gasteiger charge is -2.45. The molecule has 0 heterocycles. The summed E-state index contributed by atoms with van der Waals surface area (Å²) in [5, 5.41) is 67.5. The van der Waals surface area contributed by atoms with Gasteiger partial charge in [0.2, 0.25) is 47.3 Å². The number of nitrogen functional groups attached to an aromatic ring is 1. The number of carbonyl (C=O) groups excluding carboxylic acids is 11. The highest BCUT2D eigenvalue weighted by Gasteiger charge is 2.59. The summed E-state index contributed by atoms with van der Waals surface area (Å²) in [5.74, 6) is -18.3. The first-order valence-electron chi connectivity index (χ1n) is 30.0. The number of carboxylic acid groups (broad SMARTS) is 1. The van der Waals surface area contributed by atoms with E-state index in [9.17, 15) is 54.0 Å². The van der Waals surface area contributed by atoms with Gasteiger partial charge in [-0.1, -0.05) is 87.8 Å². The fraction of sp³-hybridized carbons (Fsp3) is 0.672. The van der Waals surface area contributed by atoms with Crippen molar-refractivity contribution in [2.45, 2.75) is 200 Å². The molecular weight excluding hydrogens is 1180 g/mol. The molecule has 2 unspecified atom stereocenters. The molecule has 10 amide bonds. The number of hydrogen-bond donors (Lipinski definition) is 19. The minimum atomic E-state index is -3.10. The Labute approximate surface area is 524 Å². The zero-order valence-electron chi connectivity index (χ0n) is 53.4. The Balaban J connectivity index is 4.29. The van der Waals surface area contributed by atoms with Crippen LogP contribution >= 0.6 is 0 Å². The molecule has 0 bridgehead atoms. The van der Waals surface area contributed by atoms with Gasteiger partial charge in [0.15, 0.2) is 17.3 Å². The molecule has 90 heavy (non-hydrogen) atoms. The van der Waals surface area contributed by atoms with E-state index < -0.39 is 205 Å². The summed E-state index contributed by atoms with van der Waals surface area (Å²) >= 11 is 0. The summed E-state index contributed by atoms with van der Waals surface area (Å²) in [5.41, 5.74) is 34.1. The Morgan fingerprint density at radius 1 is 0.656 bits per heavy atom. The van der Waals surface area contributed by atoms with Crippen LogP contribution < -0.4 is 76.9 Å². The molecular formula is C58H100N16O16. The lowest BCUT2D eigenvalue weighted by Crippen LogP contribution is -2.75. The molecule has 0 saturated heterocycles. The van der Waals surface area contributed by atoms with Gasteiger partial charge in [-0.05, 0) is 92.7 Å². The smallest absolute Gasteiger partial charge is 0.328 e. The van der Waals surface area contributed by atoms with E-state index in [1.807, 2.05) is 19.2 Å². The van der Waals surface area contributed by atoms with E-state index in [2.05, 4.69) is 37.2 Å². The summed E-state index contributed by atoms with van der Waals surface area (Å²) in [6.45, 7) is 15.3. The number of benzene rings is 1. The molecule has 0 aliphatic carbocycles. The van der Waals surface area contributed by atoms with Crippen molar-refractivity contribution in [1.82, 2.24) is 47.4 Å². The van der Waals surface area contributed by atoms with E-state index in [0.29, 0.717) is 10.5 Å². The highest BCUT2D eigenvalue weighted by atomic mass is 16.4. The van der Waals surface area contributed by atoms with Crippen molar-refractivity contribution >= 4 is 82.5 Å². The summed E-state index contributed by atoms with van der Waals surface area (Å²) < 4.78 is 0. The predicted octanol–water partition coefficient (Wildman–Crippen LogP) is -4.72. The summed E-state index contributed by atoms with van der Waals surface area (Å²) in [4.78, 5) is 170. The predicted molar refractivity (Wildman–Crippen MR) is 331 cm³/mol. The minimum absolute atomic E-state index is 0.0956. The first-order valence-corrected chi connectivity index (χ1v) is 30.0. The van der Waals surface area contributed by atoms with E-state index in [1.54, 1.807) is 52.8 Å². The fourth-order valence-electron chi connectivity index (χ4n) is 9.58. The number of carboxylic acids is 1. The first kappa shape index (κ1) is 80.1. The van der Waals surface area contributed by atoms with Gasteiger partial charge in [-0.2, -0.15) is 0 Å². The number of primary amides is 1. The van der Waals surface area contributed by atoms with Crippen molar-refractivity contribution in [2.24, 2.45) is 58.3 Å². The van der Waals surface area contributed by atoms with Crippen molar-refractivity contribution in [1.29, 1.82) is 5.41 Å². The maximum Gasteiger partial charge on any atom is 0.328 e. The van der Waals surface area contributed by atoms with Crippen molar-refractivity contribution in [2.75, 3.05) is 25.4 Å². The topological polar surface area (TPSA) is 565 Å². The number of nitrogens with zero attached hydrogens (tertiary/aromatic N) is 1. The van der Waals surface area contributed by atoms with Crippen LogP contribution in [0.5, 0.6) is 0 Å². The average Bonchev–Trinajstić information content (AvgIpc) is 0.745. The molecule has 0 saturated carbocycles. The third-order valence-corrected chi connectivity index (χ3v) is 14.5. The Bertz CT molecular complexity index is 2660. The van der Waals surface area contributed by atoms with Crippen molar-refractivity contribution < 1.29 is 78.0 Å². The van der Waals surface area contributed by atoms with Gasteiger partial charge in [-0.25, -0.2) is 4.79 Å². The van der Waals surface area contributed by atoms with Gasteiger partial charge < -0.3 is 97.4 Å². The summed E-state index contributed by atoms with van der Waals surface area (Å²) in [6, 6.07) is -9.45. The number of carbonyl (C=O) groups is 12. The van der Waals surface area contributed by atoms with E-state index in [-0.39, 0.29) is 50.3 Å². The zero-order valence-corrected chi connectivity index (χ0v) is 53.4. The van der Waals surface area contributed by atoms with Gasteiger partial charge in [0, 0.05) is 12.2 Å². The number of Topliss-reactive ketones (excluding diaryl/α,β-unsaturated/α-hetero) is 1. The Hall–Kier alpha value is -7.91. The van der Waals surface area contributed by atoms with Gasteiger partial charge in [-0.3, -0.25) is 63.0 Å². The second-order valence-electron chi connectivity index (χ2n) is 24.3. The maximum absolute atomic E-state index is 16.2. The quantitative estimate of drug-likeness (QED) is 0.00965. The first-order chi connectivity index (χ1) is 41.8. The number of aliphatic carboxylic acids is 1. The molecule has 0 radical (unpaired) electrons. The summed E-state index contributed by atoms with van der Waals surface area (Å²) in [7, 11) is 0. The Morgan fingerprint density at radius 3 is 1.73 bits per heavy atom. The van der Waals surface area contributed by atoms with Gasteiger partial charge in [0.25, 0.3) is 11.8 Å². The van der Waals surface area contributed by atoms with Crippen LogP contribution in [0.3, 0.4) is 0 Å². The number of hydrogen-bond acceptors (Lipinski definition) is 20. The number of aliphatic hydroxyl groups excluding tert-OH is 3. The number of aliphatic hydroxyl groups is 3. The molecule has 508 valence electrons. The highest BCUT2D eigenvalue weighted by molar-refractivity contribution is 6.20. The molecule has 13 atom stereocenters. The van der Waals surface area contributed by atoms with E-state index in [0.717, 1.165) is 6.92 Å². The van der Waals surface area contributed by atoms with Crippen LogP contribution in [0.25, 0.3) is 0 Å². The third kappa shape index (κ3) is 25.2. The number of anilines is 1. The van der Waals surface area contributed by atoms with Crippen LogP contribution in [-0.4, -0.2) is 194 Å². The molecule has 25 N–H and O–H groups in total. The number of nitrogens with two attached hydrogens (primary N) is 6. The molecule has 0 aliphatic heterocycles. The molecule has 0 fully saturated rings. The van der Waals surface area contributed by atoms with Crippen LogP contribution in [-0.2, 0) is 64.0 Å². The normalized spacial score (nSPS) is 16.1. The number of nitrogens with one attached hydrogen (secondary N) is 9. The van der Waals surface area contributed by atoms with Crippen molar-refractivity contribution in [3.05, 3.63) is 29.8 Å². The molecule has 0 aliphatic rings. The lowest BCUT2D eigenvalue weighted by atomic mass is 9.77. The van der Waals surface area contributed by atoms with Gasteiger partial charge in [-0.15, -0.1) is 0 Å². The lowest BCUT2D eigenvalue weighted by molar-refractivity contribution is -0.169. The number of guanidine groups is 1. The Kier molecular flexibility index (Phi) is 33.8. The monoisotopic (exact) mass is 1280 g/mol. The van der Waals surface area contributed by atoms with Crippen LogP contribution in [0.2, 0.25) is 0 Å². The SMILES string of the molecule is CCC(C)[C@H](NC(=O)[C@@H](CCCNC(=N)N)NC(=O)[C@@](CC(C)C)(C(=O)[C@@H](N)Cc1cccc(N)c1)N(C(=O)[C@H](CC(C)C)NC(=O)[C@H](N)CC(C)C)C(=O)[C@@H](N)[C@H](O)C(C)C)C(=O)N[C@H](C(=O)NCC(=O)N[C@@H](CC(N)=O)C(=O)N[C@@H](CO)C(=O)O)C(C)O. The highest BCUT2D eigenvalue weighted by Crippen LogP contribution is 2.32. The Morgan fingerprint density at radius 2 is 1.23 bits per heavy atom. The van der Waals surface area contributed by atoms with Crippen LogP contribution in [0, 0.1) is 35.0 Å². The molecule has 0 spiro atoms. The van der Waals surface area contributed by atoms with Gasteiger partial charge >= 0.3 is 5.97 Å². The zero-order chi connectivity index (χ0) is 69.2. The number of amides is 10. The number of imide groups is 1. The second-order valence-corrected chi connectivity index (χ2v) is 24.3. The number of rotatable bonds is 40. The molecule has 32 heteroatoms. The fourth-order valence-corrected chi connectivity index (χ4v) is 9.58. The van der Waals surface area contributed by atoms with E-state index in [4.69, 9.17) is 39.8 Å².